The summed E-state index contributed by atoms with van der Waals surface area (Å²) in [7, 11) is 1.81. The fourth-order valence-electron chi connectivity index (χ4n) is 1.73. The maximum Gasteiger partial charge on any atom is 0.247 e. The summed E-state index contributed by atoms with van der Waals surface area (Å²) in [5.74, 6) is -0.207. The summed E-state index contributed by atoms with van der Waals surface area (Å²) in [5, 5.41) is 6.93. The van der Waals surface area contributed by atoms with Crippen molar-refractivity contribution in [3.8, 4) is 0 Å². The van der Waals surface area contributed by atoms with Gasteiger partial charge in [-0.25, -0.2) is 0 Å². The van der Waals surface area contributed by atoms with Gasteiger partial charge in [-0.05, 0) is 13.3 Å². The standard InChI is InChI=1S/C10H16N4O2/c1-7-8(5-14(2)13-7)12-9(15)10(11)3-4-16-6-10/h5H,3-4,6,11H2,1-2H3,(H,12,15). The highest BCUT2D eigenvalue weighted by Crippen LogP contribution is 2.19. The minimum atomic E-state index is -0.901. The molecular formula is C10H16N4O2. The second-order valence-electron chi connectivity index (χ2n) is 4.21. The van der Waals surface area contributed by atoms with E-state index in [1.165, 1.54) is 0 Å². The number of aromatic nitrogens is 2. The van der Waals surface area contributed by atoms with Crippen molar-refractivity contribution in [2.75, 3.05) is 18.5 Å². The zero-order valence-corrected chi connectivity index (χ0v) is 9.49. The van der Waals surface area contributed by atoms with Gasteiger partial charge in [-0.1, -0.05) is 0 Å². The molecular weight excluding hydrogens is 208 g/mol. The summed E-state index contributed by atoms with van der Waals surface area (Å²) < 4.78 is 6.80. The molecule has 88 valence electrons. The first-order chi connectivity index (χ1) is 7.51. The van der Waals surface area contributed by atoms with E-state index < -0.39 is 5.54 Å². The van der Waals surface area contributed by atoms with Crippen LogP contribution in [-0.4, -0.2) is 34.4 Å². The summed E-state index contributed by atoms with van der Waals surface area (Å²) in [6.07, 6.45) is 2.31. The van der Waals surface area contributed by atoms with E-state index >= 15 is 0 Å². The number of nitrogens with zero attached hydrogens (tertiary/aromatic N) is 2. The van der Waals surface area contributed by atoms with Gasteiger partial charge in [-0.3, -0.25) is 9.48 Å². The lowest BCUT2D eigenvalue weighted by atomic mass is 9.99. The maximum atomic E-state index is 11.9. The van der Waals surface area contributed by atoms with Crippen LogP contribution in [0.2, 0.25) is 0 Å². The van der Waals surface area contributed by atoms with Gasteiger partial charge in [0.15, 0.2) is 0 Å². The van der Waals surface area contributed by atoms with Crippen molar-refractivity contribution in [2.24, 2.45) is 12.8 Å². The number of nitrogens with one attached hydrogen (secondary N) is 1. The summed E-state index contributed by atoms with van der Waals surface area (Å²) in [6.45, 7) is 2.65. The molecule has 3 N–H and O–H groups in total. The van der Waals surface area contributed by atoms with Gasteiger partial charge >= 0.3 is 0 Å². The van der Waals surface area contributed by atoms with Crippen molar-refractivity contribution in [1.29, 1.82) is 0 Å². The monoisotopic (exact) mass is 224 g/mol. The number of hydrogen-bond donors (Lipinski definition) is 2. The Kier molecular flexibility index (Phi) is 2.69. The number of nitrogens with two attached hydrogens (primary N) is 1. The summed E-state index contributed by atoms with van der Waals surface area (Å²) in [4.78, 5) is 11.9. The number of anilines is 1. The number of aryl methyl sites for hydroxylation is 2. The van der Waals surface area contributed by atoms with Crippen molar-refractivity contribution in [2.45, 2.75) is 18.9 Å². The fraction of sp³-hybridized carbons (Fsp3) is 0.600. The van der Waals surface area contributed by atoms with Gasteiger partial charge in [0.2, 0.25) is 5.91 Å². The average Bonchev–Trinajstić information content (AvgIpc) is 2.75. The molecule has 0 bridgehead atoms. The van der Waals surface area contributed by atoms with E-state index in [0.717, 1.165) is 5.69 Å². The molecule has 1 aliphatic rings. The Hall–Kier alpha value is -1.40. The molecule has 0 radical (unpaired) electrons. The molecule has 1 atom stereocenters. The fourth-order valence-corrected chi connectivity index (χ4v) is 1.73. The third-order valence-corrected chi connectivity index (χ3v) is 2.77. The third-order valence-electron chi connectivity index (χ3n) is 2.77. The topological polar surface area (TPSA) is 82.2 Å². The SMILES string of the molecule is Cc1nn(C)cc1NC(=O)C1(N)CCOC1. The van der Waals surface area contributed by atoms with Crippen LogP contribution in [0.15, 0.2) is 6.20 Å². The highest BCUT2D eigenvalue weighted by molar-refractivity contribution is 5.98. The average molecular weight is 224 g/mol. The first kappa shape index (κ1) is 11.1. The van der Waals surface area contributed by atoms with Gasteiger partial charge in [0.05, 0.1) is 18.0 Å². The van der Waals surface area contributed by atoms with Crippen molar-refractivity contribution in [1.82, 2.24) is 9.78 Å². The Labute approximate surface area is 93.8 Å². The number of carbonyl (C=O) groups is 1. The molecule has 1 saturated heterocycles. The number of carbonyl (C=O) groups excluding carboxylic acids is 1. The summed E-state index contributed by atoms with van der Waals surface area (Å²) >= 11 is 0. The number of hydrogen-bond acceptors (Lipinski definition) is 4. The lowest BCUT2D eigenvalue weighted by Crippen LogP contribution is -2.51. The molecule has 0 saturated carbocycles. The molecule has 16 heavy (non-hydrogen) atoms. The van der Waals surface area contributed by atoms with Crippen molar-refractivity contribution >= 4 is 11.6 Å². The molecule has 1 amide bonds. The van der Waals surface area contributed by atoms with E-state index in [-0.39, 0.29) is 12.5 Å². The van der Waals surface area contributed by atoms with Crippen LogP contribution < -0.4 is 11.1 Å². The molecule has 6 nitrogen and oxygen atoms in total. The number of rotatable bonds is 2. The van der Waals surface area contributed by atoms with E-state index in [2.05, 4.69) is 10.4 Å². The van der Waals surface area contributed by atoms with E-state index in [1.807, 2.05) is 6.92 Å². The highest BCUT2D eigenvalue weighted by atomic mass is 16.5. The van der Waals surface area contributed by atoms with Crippen LogP contribution >= 0.6 is 0 Å². The predicted octanol–water partition coefficient (Wildman–Crippen LogP) is -0.215. The van der Waals surface area contributed by atoms with Crippen LogP contribution in [-0.2, 0) is 16.6 Å². The van der Waals surface area contributed by atoms with Crippen LogP contribution in [0.4, 0.5) is 5.69 Å². The van der Waals surface area contributed by atoms with Gasteiger partial charge in [-0.2, -0.15) is 5.10 Å². The van der Waals surface area contributed by atoms with Crippen LogP contribution in [0.1, 0.15) is 12.1 Å². The van der Waals surface area contributed by atoms with Gasteiger partial charge < -0.3 is 15.8 Å². The lowest BCUT2D eigenvalue weighted by molar-refractivity contribution is -0.121. The molecule has 1 aromatic heterocycles. The normalized spacial score (nSPS) is 24.7. The van der Waals surface area contributed by atoms with E-state index in [0.29, 0.717) is 18.7 Å². The van der Waals surface area contributed by atoms with Crippen LogP contribution in [0.5, 0.6) is 0 Å². The largest absolute Gasteiger partial charge is 0.379 e. The van der Waals surface area contributed by atoms with Crippen LogP contribution in [0, 0.1) is 6.92 Å². The first-order valence-electron chi connectivity index (χ1n) is 5.19. The zero-order chi connectivity index (χ0) is 11.8. The Morgan fingerprint density at radius 3 is 3.00 bits per heavy atom. The molecule has 0 aliphatic carbocycles. The molecule has 1 aliphatic heterocycles. The van der Waals surface area contributed by atoms with Gasteiger partial charge in [0.1, 0.15) is 5.54 Å². The number of amides is 1. The van der Waals surface area contributed by atoms with E-state index in [9.17, 15) is 4.79 Å². The van der Waals surface area contributed by atoms with Gasteiger partial charge in [-0.15, -0.1) is 0 Å². The molecule has 1 aromatic rings. The molecule has 1 unspecified atom stereocenters. The summed E-state index contributed by atoms with van der Waals surface area (Å²) in [5.41, 5.74) is 6.52. The number of ether oxygens (including phenoxy) is 1. The minimum Gasteiger partial charge on any atom is -0.379 e. The molecule has 2 heterocycles. The minimum absolute atomic E-state index is 0.207. The van der Waals surface area contributed by atoms with Crippen molar-refractivity contribution in [3.05, 3.63) is 11.9 Å². The smallest absolute Gasteiger partial charge is 0.247 e. The van der Waals surface area contributed by atoms with Crippen molar-refractivity contribution < 1.29 is 9.53 Å². The molecule has 1 fully saturated rings. The second kappa shape index (κ2) is 3.88. The maximum absolute atomic E-state index is 11.9. The molecule has 6 heteroatoms. The molecule has 2 rings (SSSR count). The van der Waals surface area contributed by atoms with Crippen molar-refractivity contribution in [3.63, 3.8) is 0 Å². The Balaban J connectivity index is 2.10. The van der Waals surface area contributed by atoms with Crippen LogP contribution in [0.3, 0.4) is 0 Å². The molecule has 0 aromatic carbocycles. The first-order valence-corrected chi connectivity index (χ1v) is 5.19. The molecule has 0 spiro atoms. The Morgan fingerprint density at radius 1 is 1.75 bits per heavy atom. The van der Waals surface area contributed by atoms with Gasteiger partial charge in [0.25, 0.3) is 0 Å². The van der Waals surface area contributed by atoms with E-state index in [1.54, 1.807) is 17.9 Å². The third kappa shape index (κ3) is 1.94. The zero-order valence-electron chi connectivity index (χ0n) is 9.49. The quantitative estimate of drug-likeness (QED) is 0.728. The lowest BCUT2D eigenvalue weighted by Gasteiger charge is -2.20. The van der Waals surface area contributed by atoms with E-state index in [4.69, 9.17) is 10.5 Å². The van der Waals surface area contributed by atoms with Gasteiger partial charge in [0, 0.05) is 19.9 Å². The predicted molar refractivity (Wildman–Crippen MR) is 58.9 cm³/mol. The summed E-state index contributed by atoms with van der Waals surface area (Å²) in [6, 6.07) is 0. The van der Waals surface area contributed by atoms with Crippen LogP contribution in [0.25, 0.3) is 0 Å². The Bertz CT molecular complexity index is 407. The Morgan fingerprint density at radius 2 is 2.50 bits per heavy atom. The highest BCUT2D eigenvalue weighted by Gasteiger charge is 2.38. The second-order valence-corrected chi connectivity index (χ2v) is 4.21.